The lowest BCUT2D eigenvalue weighted by molar-refractivity contribution is -0.145. The summed E-state index contributed by atoms with van der Waals surface area (Å²) in [7, 11) is 0. The highest BCUT2D eigenvalue weighted by atomic mass is 16.4. The van der Waals surface area contributed by atoms with Crippen LogP contribution in [0.2, 0.25) is 0 Å². The van der Waals surface area contributed by atoms with E-state index in [9.17, 15) is 9.90 Å². The van der Waals surface area contributed by atoms with E-state index in [1.807, 2.05) is 27.7 Å². The molecule has 17 heavy (non-hydrogen) atoms. The van der Waals surface area contributed by atoms with E-state index in [1.54, 1.807) is 0 Å². The Morgan fingerprint density at radius 3 is 2.35 bits per heavy atom. The van der Waals surface area contributed by atoms with Gasteiger partial charge in [0.2, 0.25) is 5.89 Å². The summed E-state index contributed by atoms with van der Waals surface area (Å²) in [5.41, 5.74) is -0.0493. The number of aliphatic carboxylic acids is 1. The molecule has 0 aliphatic heterocycles. The van der Waals surface area contributed by atoms with Crippen LogP contribution in [0.4, 0.5) is 0 Å². The summed E-state index contributed by atoms with van der Waals surface area (Å²) in [6.45, 7) is 7.76. The Bertz CT molecular complexity index is 375. The largest absolute Gasteiger partial charge is 0.480 e. The van der Waals surface area contributed by atoms with Gasteiger partial charge in [-0.05, 0) is 26.7 Å². The standard InChI is InChI=1S/C12H20N2O3/c1-5-12(6-2,11(15)16)13-7-10-14-8(3)9(4)17-10/h13H,5-7H2,1-4H3,(H,15,16). The number of nitrogens with one attached hydrogen (secondary N) is 1. The molecule has 0 bridgehead atoms. The van der Waals surface area contributed by atoms with E-state index in [-0.39, 0.29) is 0 Å². The zero-order valence-corrected chi connectivity index (χ0v) is 10.8. The lowest BCUT2D eigenvalue weighted by Crippen LogP contribution is -2.50. The molecule has 0 aliphatic rings. The Hall–Kier alpha value is -1.36. The first-order valence-electron chi connectivity index (χ1n) is 5.86. The zero-order valence-electron chi connectivity index (χ0n) is 10.8. The Morgan fingerprint density at radius 1 is 1.41 bits per heavy atom. The average Bonchev–Trinajstić information content (AvgIpc) is 2.60. The molecule has 0 spiro atoms. The maximum absolute atomic E-state index is 11.3. The first kappa shape index (κ1) is 13.7. The van der Waals surface area contributed by atoms with E-state index in [0.29, 0.717) is 25.3 Å². The number of nitrogens with zero attached hydrogens (tertiary/aromatic N) is 1. The van der Waals surface area contributed by atoms with Gasteiger partial charge in [0.15, 0.2) is 0 Å². The maximum atomic E-state index is 11.3. The van der Waals surface area contributed by atoms with Crippen LogP contribution in [0.3, 0.4) is 0 Å². The summed E-state index contributed by atoms with van der Waals surface area (Å²) >= 11 is 0. The molecule has 0 radical (unpaired) electrons. The molecule has 0 aliphatic carbocycles. The molecule has 0 aromatic carbocycles. The van der Waals surface area contributed by atoms with Gasteiger partial charge in [-0.1, -0.05) is 13.8 Å². The number of aromatic nitrogens is 1. The topological polar surface area (TPSA) is 75.4 Å². The number of rotatable bonds is 6. The van der Waals surface area contributed by atoms with Crippen molar-refractivity contribution >= 4 is 5.97 Å². The van der Waals surface area contributed by atoms with E-state index in [4.69, 9.17) is 4.42 Å². The number of oxazole rings is 1. The molecule has 0 fully saturated rings. The second-order valence-electron chi connectivity index (χ2n) is 4.20. The van der Waals surface area contributed by atoms with Gasteiger partial charge >= 0.3 is 5.97 Å². The summed E-state index contributed by atoms with van der Waals surface area (Å²) in [5, 5.41) is 12.3. The number of carboxylic acids is 1. The molecule has 0 unspecified atom stereocenters. The van der Waals surface area contributed by atoms with E-state index < -0.39 is 11.5 Å². The number of carboxylic acid groups (broad SMARTS) is 1. The van der Waals surface area contributed by atoms with E-state index in [2.05, 4.69) is 10.3 Å². The fourth-order valence-corrected chi connectivity index (χ4v) is 1.74. The van der Waals surface area contributed by atoms with Crippen molar-refractivity contribution < 1.29 is 14.3 Å². The summed E-state index contributed by atoms with van der Waals surface area (Å²) in [6.07, 6.45) is 1.05. The van der Waals surface area contributed by atoms with Crippen LogP contribution in [0.25, 0.3) is 0 Å². The molecule has 5 heteroatoms. The van der Waals surface area contributed by atoms with Crippen LogP contribution in [0.15, 0.2) is 4.42 Å². The Balaban J connectivity index is 2.73. The van der Waals surface area contributed by atoms with Crippen LogP contribution >= 0.6 is 0 Å². The van der Waals surface area contributed by atoms with Gasteiger partial charge in [-0.25, -0.2) is 4.98 Å². The highest BCUT2D eigenvalue weighted by Crippen LogP contribution is 2.17. The SMILES string of the molecule is CCC(CC)(NCc1nc(C)c(C)o1)C(=O)O. The second kappa shape index (κ2) is 5.31. The lowest BCUT2D eigenvalue weighted by atomic mass is 9.93. The van der Waals surface area contributed by atoms with Gasteiger partial charge in [-0.3, -0.25) is 10.1 Å². The molecule has 1 aromatic heterocycles. The van der Waals surface area contributed by atoms with Crippen LogP contribution in [0, 0.1) is 13.8 Å². The fraction of sp³-hybridized carbons (Fsp3) is 0.667. The first-order valence-corrected chi connectivity index (χ1v) is 5.86. The highest BCUT2D eigenvalue weighted by molar-refractivity contribution is 5.78. The number of aryl methyl sites for hydroxylation is 2. The molecule has 1 aromatic rings. The van der Waals surface area contributed by atoms with Crippen LogP contribution in [0.5, 0.6) is 0 Å². The highest BCUT2D eigenvalue weighted by Gasteiger charge is 2.34. The monoisotopic (exact) mass is 240 g/mol. The quantitative estimate of drug-likeness (QED) is 0.795. The number of hydrogen-bond acceptors (Lipinski definition) is 4. The molecular weight excluding hydrogens is 220 g/mol. The van der Waals surface area contributed by atoms with Gasteiger partial charge in [0, 0.05) is 0 Å². The molecule has 2 N–H and O–H groups in total. The van der Waals surface area contributed by atoms with Crippen molar-refractivity contribution in [3.63, 3.8) is 0 Å². The van der Waals surface area contributed by atoms with Crippen molar-refractivity contribution in [2.24, 2.45) is 0 Å². The second-order valence-corrected chi connectivity index (χ2v) is 4.20. The third-order valence-corrected chi connectivity index (χ3v) is 3.27. The molecule has 1 rings (SSSR count). The van der Waals surface area contributed by atoms with Crippen LogP contribution < -0.4 is 5.32 Å². The van der Waals surface area contributed by atoms with Crippen molar-refractivity contribution in [3.05, 3.63) is 17.3 Å². The minimum atomic E-state index is -0.893. The van der Waals surface area contributed by atoms with Crippen LogP contribution in [0.1, 0.15) is 44.0 Å². The van der Waals surface area contributed by atoms with Gasteiger partial charge in [0.25, 0.3) is 0 Å². The van der Waals surface area contributed by atoms with Crippen molar-refractivity contribution in [2.75, 3.05) is 0 Å². The molecule has 96 valence electrons. The minimum absolute atomic E-state index is 0.336. The fourth-order valence-electron chi connectivity index (χ4n) is 1.74. The summed E-state index contributed by atoms with van der Waals surface area (Å²) < 4.78 is 5.41. The van der Waals surface area contributed by atoms with E-state index in [0.717, 1.165) is 11.5 Å². The van der Waals surface area contributed by atoms with Gasteiger partial charge in [-0.15, -0.1) is 0 Å². The van der Waals surface area contributed by atoms with Crippen molar-refractivity contribution in [1.82, 2.24) is 10.3 Å². The van der Waals surface area contributed by atoms with E-state index >= 15 is 0 Å². The molecule has 1 heterocycles. The Kier molecular flexibility index (Phi) is 4.28. The molecule has 5 nitrogen and oxygen atoms in total. The summed E-state index contributed by atoms with van der Waals surface area (Å²) in [6, 6.07) is 0. The normalized spacial score (nSPS) is 11.8. The Morgan fingerprint density at radius 2 is 2.00 bits per heavy atom. The van der Waals surface area contributed by atoms with Crippen LogP contribution in [-0.4, -0.2) is 21.6 Å². The molecule has 0 saturated carbocycles. The Labute approximate surface area is 101 Å². The molecule has 0 saturated heterocycles. The zero-order chi connectivity index (χ0) is 13.1. The number of hydrogen-bond donors (Lipinski definition) is 2. The molecule has 0 atom stereocenters. The average molecular weight is 240 g/mol. The smallest absolute Gasteiger partial charge is 0.323 e. The third kappa shape index (κ3) is 2.85. The van der Waals surface area contributed by atoms with Gasteiger partial charge in [0.1, 0.15) is 11.3 Å². The lowest BCUT2D eigenvalue weighted by Gasteiger charge is -2.27. The predicted octanol–water partition coefficient (Wildman–Crippen LogP) is 2.02. The van der Waals surface area contributed by atoms with Crippen molar-refractivity contribution in [2.45, 2.75) is 52.6 Å². The van der Waals surface area contributed by atoms with E-state index in [1.165, 1.54) is 0 Å². The third-order valence-electron chi connectivity index (χ3n) is 3.27. The van der Waals surface area contributed by atoms with Crippen molar-refractivity contribution in [1.29, 1.82) is 0 Å². The van der Waals surface area contributed by atoms with Gasteiger partial charge in [-0.2, -0.15) is 0 Å². The maximum Gasteiger partial charge on any atom is 0.323 e. The molecule has 0 amide bonds. The van der Waals surface area contributed by atoms with Crippen LogP contribution in [-0.2, 0) is 11.3 Å². The summed E-state index contributed by atoms with van der Waals surface area (Å²) in [5.74, 6) is 0.478. The summed E-state index contributed by atoms with van der Waals surface area (Å²) in [4.78, 5) is 15.5. The molecular formula is C12H20N2O3. The first-order chi connectivity index (χ1) is 7.95. The van der Waals surface area contributed by atoms with Crippen molar-refractivity contribution in [3.8, 4) is 0 Å². The minimum Gasteiger partial charge on any atom is -0.480 e. The van der Waals surface area contributed by atoms with Gasteiger partial charge < -0.3 is 9.52 Å². The number of carbonyl (C=O) groups is 1. The van der Waals surface area contributed by atoms with Gasteiger partial charge in [0.05, 0.1) is 12.2 Å². The predicted molar refractivity (Wildman–Crippen MR) is 63.8 cm³/mol.